The van der Waals surface area contributed by atoms with E-state index in [1.54, 1.807) is 42.6 Å². The minimum atomic E-state index is -0.475. The first-order valence-corrected chi connectivity index (χ1v) is 14.3. The van der Waals surface area contributed by atoms with E-state index >= 15 is 0 Å². The van der Waals surface area contributed by atoms with Gasteiger partial charge in [-0.2, -0.15) is 0 Å². The van der Waals surface area contributed by atoms with Gasteiger partial charge in [0.05, 0.1) is 5.25 Å². The molecule has 5 aromatic rings. The number of carbonyl (C=O) groups excluding carboxylic acids is 3. The number of hydrogen-bond acceptors (Lipinski definition) is 4. The van der Waals surface area contributed by atoms with Gasteiger partial charge < -0.3 is 20.9 Å². The summed E-state index contributed by atoms with van der Waals surface area (Å²) >= 11 is 1.39. The molecule has 1 heterocycles. The molecule has 42 heavy (non-hydrogen) atoms. The van der Waals surface area contributed by atoms with Crippen molar-refractivity contribution >= 4 is 57.8 Å². The van der Waals surface area contributed by atoms with E-state index in [2.05, 4.69) is 20.9 Å². The van der Waals surface area contributed by atoms with Gasteiger partial charge in [0.2, 0.25) is 5.91 Å². The van der Waals surface area contributed by atoms with Crippen molar-refractivity contribution in [3.63, 3.8) is 0 Å². The zero-order chi connectivity index (χ0) is 29.5. The Balaban J connectivity index is 1.33. The molecule has 0 saturated heterocycles. The third-order valence-electron chi connectivity index (χ3n) is 6.63. The van der Waals surface area contributed by atoms with Crippen LogP contribution in [0.4, 0.5) is 11.4 Å². The van der Waals surface area contributed by atoms with Crippen molar-refractivity contribution in [2.24, 2.45) is 0 Å². The van der Waals surface area contributed by atoms with Gasteiger partial charge in [-0.1, -0.05) is 60.7 Å². The standard InChI is InChI=1S/C34H30N4O3S/c1-22-11-6-8-17-29(22)37-32(39)23(2)42-27-15-10-14-26(20-27)36-34(41)31(38-33(40)24-12-4-3-5-13-24)19-25-21-35-30-18-9-7-16-28(25)30/h3-21,23,35H,1-2H3,(H,36,41)(H,37,39)(H,38,40)/b31-19-. The van der Waals surface area contributed by atoms with Crippen molar-refractivity contribution in [1.29, 1.82) is 0 Å². The summed E-state index contributed by atoms with van der Waals surface area (Å²) in [5.74, 6) is -0.983. The van der Waals surface area contributed by atoms with E-state index in [9.17, 15) is 14.4 Å². The number of carbonyl (C=O) groups is 3. The maximum Gasteiger partial charge on any atom is 0.272 e. The average molecular weight is 575 g/mol. The van der Waals surface area contributed by atoms with E-state index in [4.69, 9.17) is 0 Å². The van der Waals surface area contributed by atoms with Crippen LogP contribution in [-0.2, 0) is 9.59 Å². The van der Waals surface area contributed by atoms with Crippen molar-refractivity contribution in [1.82, 2.24) is 10.3 Å². The summed E-state index contributed by atoms with van der Waals surface area (Å²) in [4.78, 5) is 43.4. The minimum absolute atomic E-state index is 0.0950. The molecule has 1 aromatic heterocycles. The molecular weight excluding hydrogens is 544 g/mol. The number of aryl methyl sites for hydroxylation is 1. The van der Waals surface area contributed by atoms with E-state index in [0.29, 0.717) is 11.3 Å². The molecule has 4 N–H and O–H groups in total. The number of nitrogens with one attached hydrogen (secondary N) is 4. The molecule has 0 fully saturated rings. The topological polar surface area (TPSA) is 103 Å². The van der Waals surface area contributed by atoms with Crippen LogP contribution in [0, 0.1) is 6.92 Å². The molecule has 0 bridgehead atoms. The maximum atomic E-state index is 13.5. The number of aromatic nitrogens is 1. The summed E-state index contributed by atoms with van der Waals surface area (Å²) in [6.45, 7) is 3.79. The summed E-state index contributed by atoms with van der Waals surface area (Å²) in [6.07, 6.45) is 3.46. The fourth-order valence-electron chi connectivity index (χ4n) is 4.36. The highest BCUT2D eigenvalue weighted by Gasteiger charge is 2.18. The molecule has 1 atom stereocenters. The van der Waals surface area contributed by atoms with Gasteiger partial charge in [-0.15, -0.1) is 11.8 Å². The third kappa shape index (κ3) is 6.97. The number of para-hydroxylation sites is 2. The Labute approximate surface area is 248 Å². The lowest BCUT2D eigenvalue weighted by Crippen LogP contribution is -2.30. The number of thioether (sulfide) groups is 1. The number of hydrogen-bond donors (Lipinski definition) is 4. The number of rotatable bonds is 9. The molecule has 1 unspecified atom stereocenters. The predicted octanol–water partition coefficient (Wildman–Crippen LogP) is 7.01. The molecule has 0 saturated carbocycles. The molecule has 5 rings (SSSR count). The van der Waals surface area contributed by atoms with Gasteiger partial charge in [0, 0.05) is 44.5 Å². The van der Waals surface area contributed by atoms with Crippen LogP contribution in [0.5, 0.6) is 0 Å². The number of fused-ring (bicyclic) bond motifs is 1. The molecule has 8 heteroatoms. The van der Waals surface area contributed by atoms with Crippen LogP contribution in [0.25, 0.3) is 17.0 Å². The molecule has 7 nitrogen and oxygen atoms in total. The Morgan fingerprint density at radius 3 is 2.38 bits per heavy atom. The zero-order valence-electron chi connectivity index (χ0n) is 23.2. The monoisotopic (exact) mass is 574 g/mol. The summed E-state index contributed by atoms with van der Waals surface area (Å²) in [5.41, 5.74) is 4.52. The number of H-pyrrole nitrogens is 1. The molecule has 0 aliphatic rings. The van der Waals surface area contributed by atoms with E-state index < -0.39 is 11.8 Å². The van der Waals surface area contributed by atoms with Crippen molar-refractivity contribution in [3.8, 4) is 0 Å². The van der Waals surface area contributed by atoms with Crippen LogP contribution in [0.1, 0.15) is 28.4 Å². The second kappa shape index (κ2) is 13.1. The first kappa shape index (κ1) is 28.4. The predicted molar refractivity (Wildman–Crippen MR) is 170 cm³/mol. The quantitative estimate of drug-likeness (QED) is 0.112. The van der Waals surface area contributed by atoms with Gasteiger partial charge >= 0.3 is 0 Å². The molecule has 0 radical (unpaired) electrons. The van der Waals surface area contributed by atoms with Gasteiger partial charge in [-0.3, -0.25) is 14.4 Å². The number of aromatic amines is 1. The lowest BCUT2D eigenvalue weighted by atomic mass is 10.1. The molecule has 210 valence electrons. The smallest absolute Gasteiger partial charge is 0.272 e. The molecule has 0 spiro atoms. The lowest BCUT2D eigenvalue weighted by molar-refractivity contribution is -0.115. The van der Waals surface area contributed by atoms with Gasteiger partial charge in [0.1, 0.15) is 5.70 Å². The Bertz CT molecular complexity index is 1780. The number of anilines is 2. The Morgan fingerprint density at radius 1 is 0.833 bits per heavy atom. The maximum absolute atomic E-state index is 13.5. The first-order valence-electron chi connectivity index (χ1n) is 13.5. The Morgan fingerprint density at radius 2 is 1.57 bits per heavy atom. The highest BCUT2D eigenvalue weighted by atomic mass is 32.2. The zero-order valence-corrected chi connectivity index (χ0v) is 24.0. The van der Waals surface area contributed by atoms with E-state index in [1.807, 2.05) is 86.6 Å². The van der Waals surface area contributed by atoms with Crippen molar-refractivity contribution in [2.75, 3.05) is 10.6 Å². The minimum Gasteiger partial charge on any atom is -0.361 e. The van der Waals surface area contributed by atoms with Crippen molar-refractivity contribution in [3.05, 3.63) is 132 Å². The van der Waals surface area contributed by atoms with E-state index in [1.165, 1.54) is 11.8 Å². The molecule has 0 aliphatic carbocycles. The van der Waals surface area contributed by atoms with Crippen LogP contribution in [0.15, 0.2) is 120 Å². The molecule has 4 aromatic carbocycles. The highest BCUT2D eigenvalue weighted by molar-refractivity contribution is 8.00. The normalized spacial score (nSPS) is 12.0. The van der Waals surface area contributed by atoms with Crippen LogP contribution in [-0.4, -0.2) is 28.0 Å². The fraction of sp³-hybridized carbons (Fsp3) is 0.0882. The van der Waals surface area contributed by atoms with Crippen molar-refractivity contribution < 1.29 is 14.4 Å². The van der Waals surface area contributed by atoms with Crippen LogP contribution in [0.2, 0.25) is 0 Å². The molecular formula is C34H30N4O3S. The lowest BCUT2D eigenvalue weighted by Gasteiger charge is -2.15. The SMILES string of the molecule is Cc1ccccc1NC(=O)C(C)Sc1cccc(NC(=O)/C(=C/c2c[nH]c3ccccc23)NC(=O)c2ccccc2)c1. The summed E-state index contributed by atoms with van der Waals surface area (Å²) in [6, 6.07) is 31.4. The van der Waals surface area contributed by atoms with Gasteiger partial charge in [0.15, 0.2) is 0 Å². The summed E-state index contributed by atoms with van der Waals surface area (Å²) < 4.78 is 0. The van der Waals surface area contributed by atoms with Crippen LogP contribution < -0.4 is 16.0 Å². The van der Waals surface area contributed by atoms with Gasteiger partial charge in [-0.05, 0) is 68.0 Å². The van der Waals surface area contributed by atoms with Crippen LogP contribution in [0.3, 0.4) is 0 Å². The number of amides is 3. The highest BCUT2D eigenvalue weighted by Crippen LogP contribution is 2.27. The average Bonchev–Trinajstić information content (AvgIpc) is 3.41. The second-order valence-electron chi connectivity index (χ2n) is 9.71. The largest absolute Gasteiger partial charge is 0.361 e. The van der Waals surface area contributed by atoms with Gasteiger partial charge in [0.25, 0.3) is 11.8 Å². The van der Waals surface area contributed by atoms with Crippen LogP contribution >= 0.6 is 11.8 Å². The summed E-state index contributed by atoms with van der Waals surface area (Å²) in [7, 11) is 0. The van der Waals surface area contributed by atoms with E-state index in [-0.39, 0.29) is 16.9 Å². The third-order valence-corrected chi connectivity index (χ3v) is 7.72. The fourth-order valence-corrected chi connectivity index (χ4v) is 5.29. The first-order chi connectivity index (χ1) is 20.4. The van der Waals surface area contributed by atoms with E-state index in [0.717, 1.165) is 32.6 Å². The Kier molecular flexibility index (Phi) is 8.84. The summed E-state index contributed by atoms with van der Waals surface area (Å²) in [5, 5.41) is 9.21. The Hall–Kier alpha value is -5.08. The van der Waals surface area contributed by atoms with Gasteiger partial charge in [-0.25, -0.2) is 0 Å². The van der Waals surface area contributed by atoms with Crippen molar-refractivity contribution in [2.45, 2.75) is 24.0 Å². The number of benzene rings is 4. The second-order valence-corrected chi connectivity index (χ2v) is 11.1. The molecule has 0 aliphatic heterocycles. The molecule has 3 amide bonds.